The summed E-state index contributed by atoms with van der Waals surface area (Å²) in [5, 5.41) is 2.07. The molecule has 0 saturated carbocycles. The Kier molecular flexibility index (Phi) is 6.87. The number of carbonyl (C=O) groups excluding carboxylic acids is 2. The largest absolute Gasteiger partial charge is 0.482 e. The minimum atomic E-state index is -1.25. The van der Waals surface area contributed by atoms with Gasteiger partial charge in [0.2, 0.25) is 0 Å². The maximum atomic E-state index is 13.6. The van der Waals surface area contributed by atoms with Gasteiger partial charge in [-0.05, 0) is 36.6 Å². The number of esters is 1. The summed E-state index contributed by atoms with van der Waals surface area (Å²) in [6.45, 7) is 4.90. The van der Waals surface area contributed by atoms with Gasteiger partial charge in [-0.2, -0.15) is 0 Å². The minimum Gasteiger partial charge on any atom is -0.482 e. The van der Waals surface area contributed by atoms with Gasteiger partial charge in [0.05, 0.1) is 0 Å². The van der Waals surface area contributed by atoms with E-state index in [1.165, 1.54) is 13.0 Å². The Morgan fingerprint density at radius 1 is 1.00 bits per heavy atom. The third-order valence-corrected chi connectivity index (χ3v) is 3.77. The van der Waals surface area contributed by atoms with Crippen molar-refractivity contribution in [3.05, 3.63) is 59.7 Å². The van der Waals surface area contributed by atoms with E-state index < -0.39 is 41.9 Å². The fourth-order valence-electron chi connectivity index (χ4n) is 2.35. The van der Waals surface area contributed by atoms with Crippen molar-refractivity contribution in [1.82, 2.24) is 0 Å². The van der Waals surface area contributed by atoms with Gasteiger partial charge in [0.1, 0.15) is 23.1 Å². The molecular formula is C20H21F2NO4. The summed E-state index contributed by atoms with van der Waals surface area (Å²) < 4.78 is 37.6. The monoisotopic (exact) mass is 377 g/mol. The van der Waals surface area contributed by atoms with Crippen molar-refractivity contribution in [2.24, 2.45) is 0 Å². The Morgan fingerprint density at radius 2 is 1.63 bits per heavy atom. The molecule has 0 bridgehead atoms. The molecule has 7 heteroatoms. The quantitative estimate of drug-likeness (QED) is 0.740. The molecule has 0 aromatic heterocycles. The van der Waals surface area contributed by atoms with Gasteiger partial charge in [0.25, 0.3) is 5.91 Å². The molecule has 0 unspecified atom stereocenters. The lowest BCUT2D eigenvalue weighted by Gasteiger charge is -2.16. The lowest BCUT2D eigenvalue weighted by molar-refractivity contribution is -0.155. The highest BCUT2D eigenvalue weighted by Gasteiger charge is 2.21. The molecule has 0 radical (unpaired) electrons. The predicted molar refractivity (Wildman–Crippen MR) is 96.6 cm³/mol. The van der Waals surface area contributed by atoms with Crippen LogP contribution < -0.4 is 10.1 Å². The molecule has 1 atom stereocenters. The molecule has 0 aliphatic carbocycles. The summed E-state index contributed by atoms with van der Waals surface area (Å²) in [6.07, 6.45) is -1.25. The number of benzene rings is 2. The van der Waals surface area contributed by atoms with Crippen molar-refractivity contribution < 1.29 is 27.8 Å². The highest BCUT2D eigenvalue weighted by molar-refractivity contribution is 5.95. The molecule has 2 aromatic rings. The summed E-state index contributed by atoms with van der Waals surface area (Å²) in [7, 11) is 0. The smallest absolute Gasteiger partial charge is 0.344 e. The predicted octanol–water partition coefficient (Wildman–Crippen LogP) is 4.04. The molecule has 0 aliphatic rings. The Bertz CT molecular complexity index is 803. The standard InChI is InChI=1S/C20H21F2NO4/c1-12(2)14-7-4-5-10-17(14)26-11-18(24)27-13(3)20(25)23-19-15(21)8-6-9-16(19)22/h4-10,12-13H,11H2,1-3H3,(H,23,25)/t13-/m1/s1. The first-order valence-corrected chi connectivity index (χ1v) is 8.45. The molecule has 1 N–H and O–H groups in total. The Labute approximate surface area is 156 Å². The normalized spacial score (nSPS) is 11.8. The number of nitrogens with one attached hydrogen (secondary N) is 1. The second kappa shape index (κ2) is 9.12. The first-order chi connectivity index (χ1) is 12.8. The molecular weight excluding hydrogens is 356 g/mol. The third-order valence-electron chi connectivity index (χ3n) is 3.77. The summed E-state index contributed by atoms with van der Waals surface area (Å²) >= 11 is 0. The van der Waals surface area contributed by atoms with Crippen LogP contribution in [0.5, 0.6) is 5.75 Å². The van der Waals surface area contributed by atoms with Crippen molar-refractivity contribution in [2.45, 2.75) is 32.8 Å². The highest BCUT2D eigenvalue weighted by Crippen LogP contribution is 2.25. The van der Waals surface area contributed by atoms with E-state index in [2.05, 4.69) is 5.32 Å². The molecule has 2 rings (SSSR count). The van der Waals surface area contributed by atoms with E-state index in [4.69, 9.17) is 9.47 Å². The molecule has 0 spiro atoms. The first kappa shape index (κ1) is 20.4. The van der Waals surface area contributed by atoms with Gasteiger partial charge in [-0.15, -0.1) is 0 Å². The number of halogens is 2. The van der Waals surface area contributed by atoms with Gasteiger partial charge in [0.15, 0.2) is 12.7 Å². The molecule has 0 saturated heterocycles. The summed E-state index contributed by atoms with van der Waals surface area (Å²) in [6, 6.07) is 10.5. The van der Waals surface area contributed by atoms with Gasteiger partial charge in [0, 0.05) is 0 Å². The van der Waals surface area contributed by atoms with E-state index in [-0.39, 0.29) is 5.92 Å². The molecule has 144 valence electrons. The lowest BCUT2D eigenvalue weighted by atomic mass is 10.0. The highest BCUT2D eigenvalue weighted by atomic mass is 19.1. The lowest BCUT2D eigenvalue weighted by Crippen LogP contribution is -2.32. The molecule has 0 heterocycles. The average Bonchev–Trinajstić information content (AvgIpc) is 2.63. The number of para-hydroxylation sites is 2. The molecule has 0 aliphatic heterocycles. The van der Waals surface area contributed by atoms with Crippen LogP contribution in [0.2, 0.25) is 0 Å². The van der Waals surface area contributed by atoms with E-state index in [1.807, 2.05) is 26.0 Å². The molecule has 5 nitrogen and oxygen atoms in total. The Hall–Kier alpha value is -2.96. The second-order valence-electron chi connectivity index (χ2n) is 6.20. The molecule has 0 fully saturated rings. The number of hydrogen-bond donors (Lipinski definition) is 1. The fourth-order valence-corrected chi connectivity index (χ4v) is 2.35. The summed E-state index contributed by atoms with van der Waals surface area (Å²) in [5.74, 6) is -2.71. The second-order valence-corrected chi connectivity index (χ2v) is 6.20. The number of hydrogen-bond acceptors (Lipinski definition) is 4. The average molecular weight is 377 g/mol. The fraction of sp³-hybridized carbons (Fsp3) is 0.300. The third kappa shape index (κ3) is 5.51. The van der Waals surface area contributed by atoms with Gasteiger partial charge in [-0.1, -0.05) is 38.1 Å². The topological polar surface area (TPSA) is 64.6 Å². The van der Waals surface area contributed by atoms with Crippen LogP contribution in [-0.4, -0.2) is 24.6 Å². The number of ether oxygens (including phenoxy) is 2. The van der Waals surface area contributed by atoms with E-state index in [0.29, 0.717) is 5.75 Å². The zero-order valence-electron chi connectivity index (χ0n) is 15.3. The molecule has 2 aromatic carbocycles. The van der Waals surface area contributed by atoms with Gasteiger partial charge < -0.3 is 14.8 Å². The van der Waals surface area contributed by atoms with Crippen LogP contribution in [0.3, 0.4) is 0 Å². The maximum Gasteiger partial charge on any atom is 0.344 e. The van der Waals surface area contributed by atoms with Gasteiger partial charge >= 0.3 is 5.97 Å². The van der Waals surface area contributed by atoms with Crippen LogP contribution in [0.4, 0.5) is 14.5 Å². The zero-order chi connectivity index (χ0) is 20.0. The van der Waals surface area contributed by atoms with Crippen LogP contribution >= 0.6 is 0 Å². The van der Waals surface area contributed by atoms with E-state index >= 15 is 0 Å². The van der Waals surface area contributed by atoms with Crippen molar-refractivity contribution in [2.75, 3.05) is 11.9 Å². The van der Waals surface area contributed by atoms with Crippen LogP contribution in [0.25, 0.3) is 0 Å². The first-order valence-electron chi connectivity index (χ1n) is 8.45. The van der Waals surface area contributed by atoms with Crippen LogP contribution in [0.1, 0.15) is 32.3 Å². The van der Waals surface area contributed by atoms with Crippen LogP contribution in [0, 0.1) is 11.6 Å². The number of anilines is 1. The van der Waals surface area contributed by atoms with Crippen molar-refractivity contribution in [3.8, 4) is 5.75 Å². The SMILES string of the molecule is CC(C)c1ccccc1OCC(=O)O[C@H](C)C(=O)Nc1c(F)cccc1F. The number of amides is 1. The van der Waals surface area contributed by atoms with E-state index in [0.717, 1.165) is 17.7 Å². The zero-order valence-corrected chi connectivity index (χ0v) is 15.3. The maximum absolute atomic E-state index is 13.6. The molecule has 1 amide bonds. The Balaban J connectivity index is 1.91. The van der Waals surface area contributed by atoms with E-state index in [1.54, 1.807) is 12.1 Å². The molecule has 27 heavy (non-hydrogen) atoms. The van der Waals surface area contributed by atoms with Crippen LogP contribution in [0.15, 0.2) is 42.5 Å². The summed E-state index contributed by atoms with van der Waals surface area (Å²) in [4.78, 5) is 23.9. The van der Waals surface area contributed by atoms with E-state index in [9.17, 15) is 18.4 Å². The van der Waals surface area contributed by atoms with Gasteiger partial charge in [-0.3, -0.25) is 4.79 Å². The Morgan fingerprint density at radius 3 is 2.26 bits per heavy atom. The van der Waals surface area contributed by atoms with Gasteiger partial charge in [-0.25, -0.2) is 13.6 Å². The number of rotatable bonds is 7. The van der Waals surface area contributed by atoms with Crippen molar-refractivity contribution >= 4 is 17.6 Å². The minimum absolute atomic E-state index is 0.206. The summed E-state index contributed by atoms with van der Waals surface area (Å²) in [5.41, 5.74) is 0.346. The van der Waals surface area contributed by atoms with Crippen molar-refractivity contribution in [1.29, 1.82) is 0 Å². The number of carbonyl (C=O) groups is 2. The van der Waals surface area contributed by atoms with Crippen molar-refractivity contribution in [3.63, 3.8) is 0 Å². The van der Waals surface area contributed by atoms with Crippen LogP contribution in [-0.2, 0) is 14.3 Å².